The van der Waals surface area contributed by atoms with E-state index in [1.54, 1.807) is 0 Å². The molecule has 0 radical (unpaired) electrons. The van der Waals surface area contributed by atoms with Gasteiger partial charge >= 0.3 is 6.18 Å². The van der Waals surface area contributed by atoms with Crippen LogP contribution in [0.3, 0.4) is 0 Å². The van der Waals surface area contributed by atoms with Gasteiger partial charge in [-0.1, -0.05) is 6.92 Å². The van der Waals surface area contributed by atoms with Crippen molar-refractivity contribution >= 4 is 0 Å². The second-order valence-corrected chi connectivity index (χ2v) is 6.40. The molecule has 0 spiro atoms. The molecule has 0 aliphatic carbocycles. The lowest BCUT2D eigenvalue weighted by atomic mass is 9.80. The molecule has 1 heterocycles. The molecule has 5 heteroatoms. The number of halogens is 3. The van der Waals surface area contributed by atoms with Gasteiger partial charge in [-0.05, 0) is 58.2 Å². The molecule has 1 fully saturated rings. The van der Waals surface area contributed by atoms with Crippen LogP contribution >= 0.6 is 0 Å². The molecule has 0 amide bonds. The van der Waals surface area contributed by atoms with Gasteiger partial charge in [-0.15, -0.1) is 0 Å². The van der Waals surface area contributed by atoms with Crippen LogP contribution in [0, 0.1) is 5.41 Å². The van der Waals surface area contributed by atoms with E-state index in [-0.39, 0.29) is 12.5 Å². The number of likely N-dealkylation sites (tertiary alicyclic amines) is 1. The van der Waals surface area contributed by atoms with E-state index < -0.39 is 12.6 Å². The highest BCUT2D eigenvalue weighted by Crippen LogP contribution is 2.29. The summed E-state index contributed by atoms with van der Waals surface area (Å²) in [5.41, 5.74) is 0.296. The Morgan fingerprint density at radius 3 is 2.37 bits per heavy atom. The minimum Gasteiger partial charge on any atom is -0.314 e. The number of rotatable bonds is 6. The summed E-state index contributed by atoms with van der Waals surface area (Å²) in [7, 11) is 2.13. The van der Waals surface area contributed by atoms with Gasteiger partial charge in [0.2, 0.25) is 0 Å². The van der Waals surface area contributed by atoms with E-state index in [9.17, 15) is 13.2 Å². The first kappa shape index (κ1) is 16.8. The van der Waals surface area contributed by atoms with Crippen LogP contribution in [0.25, 0.3) is 0 Å². The average molecular weight is 280 g/mol. The largest absolute Gasteiger partial charge is 0.389 e. The highest BCUT2D eigenvalue weighted by atomic mass is 19.4. The van der Waals surface area contributed by atoms with Gasteiger partial charge in [0, 0.05) is 19.0 Å². The topological polar surface area (TPSA) is 15.3 Å². The van der Waals surface area contributed by atoms with Gasteiger partial charge in [-0.2, -0.15) is 13.2 Å². The lowest BCUT2D eigenvalue weighted by molar-refractivity contribution is -0.135. The van der Waals surface area contributed by atoms with Crippen molar-refractivity contribution in [2.45, 2.75) is 58.2 Å². The smallest absolute Gasteiger partial charge is 0.314 e. The maximum absolute atomic E-state index is 12.1. The first-order valence-corrected chi connectivity index (χ1v) is 7.19. The molecule has 1 aliphatic heterocycles. The molecule has 1 atom stereocenters. The van der Waals surface area contributed by atoms with Crippen molar-refractivity contribution in [3.63, 3.8) is 0 Å². The monoisotopic (exact) mass is 280 g/mol. The van der Waals surface area contributed by atoms with Crippen molar-refractivity contribution in [2.24, 2.45) is 5.41 Å². The zero-order chi connectivity index (χ0) is 14.5. The fourth-order valence-corrected chi connectivity index (χ4v) is 2.47. The van der Waals surface area contributed by atoms with E-state index >= 15 is 0 Å². The first-order valence-electron chi connectivity index (χ1n) is 7.19. The molecule has 0 aromatic rings. The van der Waals surface area contributed by atoms with Crippen molar-refractivity contribution in [3.05, 3.63) is 0 Å². The second kappa shape index (κ2) is 6.93. The quantitative estimate of drug-likeness (QED) is 0.802. The lowest BCUT2D eigenvalue weighted by Gasteiger charge is -2.38. The van der Waals surface area contributed by atoms with Crippen LogP contribution in [0.15, 0.2) is 0 Å². The predicted octanol–water partition coefficient (Wildman–Crippen LogP) is 3.43. The minimum absolute atomic E-state index is 0.166. The van der Waals surface area contributed by atoms with Crippen molar-refractivity contribution < 1.29 is 13.2 Å². The third-order valence-corrected chi connectivity index (χ3v) is 4.17. The maximum atomic E-state index is 12.1. The fourth-order valence-electron chi connectivity index (χ4n) is 2.47. The first-order chi connectivity index (χ1) is 8.70. The molecule has 0 aromatic heterocycles. The number of hydrogen-bond acceptors (Lipinski definition) is 2. The Hall–Kier alpha value is -0.290. The van der Waals surface area contributed by atoms with Crippen molar-refractivity contribution in [3.8, 4) is 0 Å². The molecule has 0 bridgehead atoms. The van der Waals surface area contributed by atoms with E-state index in [2.05, 4.69) is 24.2 Å². The molecule has 114 valence electrons. The maximum Gasteiger partial charge on any atom is 0.389 e. The van der Waals surface area contributed by atoms with Crippen LogP contribution in [0.4, 0.5) is 13.2 Å². The third kappa shape index (κ3) is 7.16. The van der Waals surface area contributed by atoms with Crippen molar-refractivity contribution in [1.82, 2.24) is 10.2 Å². The summed E-state index contributed by atoms with van der Waals surface area (Å²) in [6.07, 6.45) is -1.55. The summed E-state index contributed by atoms with van der Waals surface area (Å²) < 4.78 is 36.2. The Labute approximate surface area is 114 Å². The number of hydrogen-bond donors (Lipinski definition) is 1. The van der Waals surface area contributed by atoms with Crippen LogP contribution in [0.1, 0.15) is 46.0 Å². The molecule has 1 aliphatic rings. The molecular weight excluding hydrogens is 253 g/mol. The molecule has 1 unspecified atom stereocenters. The van der Waals surface area contributed by atoms with Crippen molar-refractivity contribution in [1.29, 1.82) is 0 Å². The Balaban J connectivity index is 2.17. The van der Waals surface area contributed by atoms with Gasteiger partial charge in [-0.25, -0.2) is 0 Å². The van der Waals surface area contributed by atoms with E-state index in [0.717, 1.165) is 32.5 Å². The fraction of sp³-hybridized carbons (Fsp3) is 1.00. The summed E-state index contributed by atoms with van der Waals surface area (Å²) >= 11 is 0. The van der Waals surface area contributed by atoms with E-state index in [4.69, 9.17) is 0 Å². The Kier molecular flexibility index (Phi) is 6.12. The average Bonchev–Trinajstić information content (AvgIpc) is 2.29. The van der Waals surface area contributed by atoms with E-state index in [1.165, 1.54) is 0 Å². The zero-order valence-corrected chi connectivity index (χ0v) is 12.3. The molecule has 1 rings (SSSR count). The number of alkyl halides is 3. The van der Waals surface area contributed by atoms with Gasteiger partial charge in [0.05, 0.1) is 0 Å². The van der Waals surface area contributed by atoms with Gasteiger partial charge in [0.25, 0.3) is 0 Å². The third-order valence-electron chi connectivity index (χ3n) is 4.17. The number of piperidine rings is 1. The summed E-state index contributed by atoms with van der Waals surface area (Å²) in [5, 5.41) is 3.41. The van der Waals surface area contributed by atoms with E-state index in [1.807, 2.05) is 6.92 Å². The zero-order valence-electron chi connectivity index (χ0n) is 12.3. The number of nitrogens with zero attached hydrogens (tertiary/aromatic N) is 1. The van der Waals surface area contributed by atoms with Gasteiger partial charge in [0.1, 0.15) is 0 Å². The van der Waals surface area contributed by atoms with Crippen LogP contribution in [0.2, 0.25) is 0 Å². The van der Waals surface area contributed by atoms with Crippen LogP contribution in [0.5, 0.6) is 0 Å². The normalized spacial score (nSPS) is 22.4. The molecule has 2 nitrogen and oxygen atoms in total. The van der Waals surface area contributed by atoms with Gasteiger partial charge in [0.15, 0.2) is 0 Å². The van der Waals surface area contributed by atoms with Crippen LogP contribution < -0.4 is 5.32 Å². The van der Waals surface area contributed by atoms with Crippen LogP contribution in [-0.4, -0.2) is 43.8 Å². The summed E-state index contributed by atoms with van der Waals surface area (Å²) in [6.45, 7) is 7.39. The van der Waals surface area contributed by atoms with Gasteiger partial charge < -0.3 is 10.2 Å². The second-order valence-electron chi connectivity index (χ2n) is 6.40. The molecule has 19 heavy (non-hydrogen) atoms. The highest BCUT2D eigenvalue weighted by Gasteiger charge is 2.29. The summed E-state index contributed by atoms with van der Waals surface area (Å²) in [4.78, 5) is 2.33. The molecular formula is C14H27F3N2. The lowest BCUT2D eigenvalue weighted by Crippen LogP contribution is -2.44. The summed E-state index contributed by atoms with van der Waals surface area (Å²) in [6, 6.07) is 0.166. The SMILES string of the molecule is CC(CCCC(F)(F)F)NCC1(C)CCN(C)CC1. The Morgan fingerprint density at radius 1 is 1.26 bits per heavy atom. The molecule has 0 saturated carbocycles. The highest BCUT2D eigenvalue weighted by molar-refractivity contribution is 4.84. The molecule has 0 aromatic carbocycles. The Bertz CT molecular complexity index is 258. The van der Waals surface area contributed by atoms with Crippen molar-refractivity contribution in [2.75, 3.05) is 26.7 Å². The minimum atomic E-state index is -4.01. The van der Waals surface area contributed by atoms with Crippen LogP contribution in [-0.2, 0) is 0 Å². The number of nitrogens with one attached hydrogen (secondary N) is 1. The Morgan fingerprint density at radius 2 is 1.84 bits per heavy atom. The molecule has 1 saturated heterocycles. The van der Waals surface area contributed by atoms with E-state index in [0.29, 0.717) is 11.8 Å². The predicted molar refractivity (Wildman–Crippen MR) is 72.2 cm³/mol. The standard InChI is InChI=1S/C14H27F3N2/c1-12(5-4-6-14(15,16)17)18-11-13(2)7-9-19(3)10-8-13/h12,18H,4-11H2,1-3H3. The van der Waals surface area contributed by atoms with Gasteiger partial charge in [-0.3, -0.25) is 0 Å². The molecule has 1 N–H and O–H groups in total. The summed E-state index contributed by atoms with van der Waals surface area (Å²) in [5.74, 6) is 0.